The first kappa shape index (κ1) is 12.3. The zero-order chi connectivity index (χ0) is 11.6. The van der Waals surface area contributed by atoms with Crippen LogP contribution in [0.2, 0.25) is 0 Å². The van der Waals surface area contributed by atoms with Crippen molar-refractivity contribution in [1.29, 1.82) is 0 Å². The van der Waals surface area contributed by atoms with Crippen LogP contribution in [0.15, 0.2) is 0 Å². The maximum atomic E-state index is 5.82. The molecule has 0 aromatic heterocycles. The Morgan fingerprint density at radius 3 is 2.50 bits per heavy atom. The molecule has 0 aliphatic heterocycles. The summed E-state index contributed by atoms with van der Waals surface area (Å²) in [5.74, 6) is 0.722. The van der Waals surface area contributed by atoms with Crippen molar-refractivity contribution in [3.63, 3.8) is 0 Å². The van der Waals surface area contributed by atoms with Crippen molar-refractivity contribution in [2.75, 3.05) is 27.2 Å². The van der Waals surface area contributed by atoms with Crippen LogP contribution in [0.3, 0.4) is 0 Å². The molecule has 2 fully saturated rings. The number of hydrogen-bond acceptors (Lipinski definition) is 3. The largest absolute Gasteiger partial charge is 0.330 e. The molecule has 0 aromatic carbocycles. The van der Waals surface area contributed by atoms with E-state index in [1.165, 1.54) is 38.5 Å². The Kier molecular flexibility index (Phi) is 3.88. The lowest BCUT2D eigenvalue weighted by atomic mass is 9.75. The molecule has 94 valence electrons. The third-order valence-corrected chi connectivity index (χ3v) is 4.89. The Labute approximate surface area is 99.8 Å². The number of likely N-dealkylation sites (N-methyl/N-ethyl adjacent to an activating group) is 1. The van der Waals surface area contributed by atoms with E-state index >= 15 is 0 Å². The highest BCUT2D eigenvalue weighted by molar-refractivity contribution is 4.99. The van der Waals surface area contributed by atoms with Gasteiger partial charge in [-0.15, -0.1) is 0 Å². The van der Waals surface area contributed by atoms with Gasteiger partial charge in [0.15, 0.2) is 0 Å². The van der Waals surface area contributed by atoms with Crippen molar-refractivity contribution in [3.05, 3.63) is 0 Å². The molecule has 2 aliphatic carbocycles. The number of hydrogen-bond donors (Lipinski definition) is 2. The summed E-state index contributed by atoms with van der Waals surface area (Å²) in [6, 6.07) is 0.683. The smallest absolute Gasteiger partial charge is 0.0328 e. The highest BCUT2D eigenvalue weighted by atomic mass is 15.2. The monoisotopic (exact) mass is 225 g/mol. The van der Waals surface area contributed by atoms with Gasteiger partial charge in [0.05, 0.1) is 0 Å². The summed E-state index contributed by atoms with van der Waals surface area (Å²) < 4.78 is 0. The topological polar surface area (TPSA) is 41.3 Å². The second-order valence-corrected chi connectivity index (χ2v) is 5.89. The summed E-state index contributed by atoms with van der Waals surface area (Å²) in [4.78, 5) is 2.41. The van der Waals surface area contributed by atoms with Crippen molar-refractivity contribution in [2.24, 2.45) is 11.7 Å². The lowest BCUT2D eigenvalue weighted by Gasteiger charge is -2.48. The Hall–Kier alpha value is -0.120. The highest BCUT2D eigenvalue weighted by Gasteiger charge is 2.39. The van der Waals surface area contributed by atoms with Gasteiger partial charge >= 0.3 is 0 Å². The van der Waals surface area contributed by atoms with Crippen LogP contribution in [0, 0.1) is 5.92 Å². The SMILES string of the molecule is CN(C)C1(CNC2CCCC2CN)CCC1. The molecule has 16 heavy (non-hydrogen) atoms. The molecule has 0 aromatic rings. The number of rotatable bonds is 5. The standard InChI is InChI=1S/C13H27N3/c1-16(2)13(7-4-8-13)10-15-12-6-3-5-11(12)9-14/h11-12,15H,3-10,14H2,1-2H3. The molecule has 0 amide bonds. The van der Waals surface area contributed by atoms with Crippen LogP contribution in [0.4, 0.5) is 0 Å². The average Bonchev–Trinajstić information content (AvgIpc) is 2.63. The van der Waals surface area contributed by atoms with E-state index < -0.39 is 0 Å². The van der Waals surface area contributed by atoms with Gasteiger partial charge in [0, 0.05) is 18.1 Å². The van der Waals surface area contributed by atoms with Crippen LogP contribution in [-0.4, -0.2) is 43.7 Å². The zero-order valence-corrected chi connectivity index (χ0v) is 10.8. The van der Waals surface area contributed by atoms with Crippen LogP contribution in [0.5, 0.6) is 0 Å². The maximum Gasteiger partial charge on any atom is 0.0328 e. The molecule has 2 aliphatic rings. The molecule has 0 heterocycles. The molecule has 0 saturated heterocycles. The minimum atomic E-state index is 0.446. The Bertz CT molecular complexity index is 223. The van der Waals surface area contributed by atoms with Gasteiger partial charge in [0.25, 0.3) is 0 Å². The first-order chi connectivity index (χ1) is 7.68. The van der Waals surface area contributed by atoms with E-state index in [1.54, 1.807) is 0 Å². The second-order valence-electron chi connectivity index (χ2n) is 5.89. The Morgan fingerprint density at radius 2 is 2.00 bits per heavy atom. The van der Waals surface area contributed by atoms with Crippen molar-refractivity contribution in [2.45, 2.75) is 50.1 Å². The molecule has 0 bridgehead atoms. The van der Waals surface area contributed by atoms with Crippen LogP contribution in [-0.2, 0) is 0 Å². The number of nitrogens with one attached hydrogen (secondary N) is 1. The predicted molar refractivity (Wildman–Crippen MR) is 68.5 cm³/mol. The van der Waals surface area contributed by atoms with Gasteiger partial charge in [-0.05, 0) is 58.7 Å². The fourth-order valence-electron chi connectivity index (χ4n) is 3.28. The van der Waals surface area contributed by atoms with Gasteiger partial charge in [0.2, 0.25) is 0 Å². The summed E-state index contributed by atoms with van der Waals surface area (Å²) >= 11 is 0. The fourth-order valence-corrected chi connectivity index (χ4v) is 3.28. The normalized spacial score (nSPS) is 33.0. The first-order valence-electron chi connectivity index (χ1n) is 6.79. The summed E-state index contributed by atoms with van der Waals surface area (Å²) in [6.07, 6.45) is 8.11. The molecular formula is C13H27N3. The van der Waals surface area contributed by atoms with Crippen LogP contribution >= 0.6 is 0 Å². The molecule has 2 atom stereocenters. The lowest BCUT2D eigenvalue weighted by molar-refractivity contribution is 0.0557. The van der Waals surface area contributed by atoms with Gasteiger partial charge in [-0.2, -0.15) is 0 Å². The van der Waals surface area contributed by atoms with Crippen LogP contribution < -0.4 is 11.1 Å². The molecule has 2 saturated carbocycles. The quantitative estimate of drug-likeness (QED) is 0.738. The fraction of sp³-hybridized carbons (Fsp3) is 1.00. The second kappa shape index (κ2) is 5.03. The molecule has 0 radical (unpaired) electrons. The molecule has 0 spiro atoms. The average molecular weight is 225 g/mol. The maximum absolute atomic E-state index is 5.82. The summed E-state index contributed by atoms with van der Waals surface area (Å²) in [6.45, 7) is 2.01. The van der Waals surface area contributed by atoms with Gasteiger partial charge in [-0.25, -0.2) is 0 Å². The van der Waals surface area contributed by atoms with Gasteiger partial charge in [0.1, 0.15) is 0 Å². The van der Waals surface area contributed by atoms with E-state index in [4.69, 9.17) is 5.73 Å². The molecule has 2 rings (SSSR count). The van der Waals surface area contributed by atoms with E-state index in [2.05, 4.69) is 24.3 Å². The predicted octanol–water partition coefficient (Wildman–Crippen LogP) is 1.19. The van der Waals surface area contributed by atoms with Gasteiger partial charge < -0.3 is 16.0 Å². The van der Waals surface area contributed by atoms with E-state index in [-0.39, 0.29) is 0 Å². The Morgan fingerprint density at radius 1 is 1.25 bits per heavy atom. The van der Waals surface area contributed by atoms with E-state index in [0.717, 1.165) is 19.0 Å². The van der Waals surface area contributed by atoms with Crippen molar-refractivity contribution in [3.8, 4) is 0 Å². The minimum Gasteiger partial charge on any atom is -0.330 e. The highest BCUT2D eigenvalue weighted by Crippen LogP contribution is 2.36. The van der Waals surface area contributed by atoms with E-state index in [0.29, 0.717) is 11.6 Å². The number of nitrogens with two attached hydrogens (primary N) is 1. The van der Waals surface area contributed by atoms with Crippen LogP contribution in [0.25, 0.3) is 0 Å². The van der Waals surface area contributed by atoms with Gasteiger partial charge in [-0.1, -0.05) is 6.42 Å². The Balaban J connectivity index is 1.82. The summed E-state index contributed by atoms with van der Waals surface area (Å²) in [5.41, 5.74) is 6.27. The van der Waals surface area contributed by atoms with Crippen LogP contribution in [0.1, 0.15) is 38.5 Å². The third kappa shape index (κ3) is 2.27. The van der Waals surface area contributed by atoms with Crippen molar-refractivity contribution in [1.82, 2.24) is 10.2 Å². The third-order valence-electron chi connectivity index (χ3n) is 4.89. The molecule has 3 heteroatoms. The first-order valence-corrected chi connectivity index (χ1v) is 6.79. The molecular weight excluding hydrogens is 198 g/mol. The molecule has 3 nitrogen and oxygen atoms in total. The molecule has 3 N–H and O–H groups in total. The minimum absolute atomic E-state index is 0.446. The van der Waals surface area contributed by atoms with Gasteiger partial charge in [-0.3, -0.25) is 0 Å². The lowest BCUT2D eigenvalue weighted by Crippen LogP contribution is -2.58. The van der Waals surface area contributed by atoms with Crippen molar-refractivity contribution < 1.29 is 0 Å². The number of nitrogens with zero attached hydrogens (tertiary/aromatic N) is 1. The molecule has 2 unspecified atom stereocenters. The van der Waals surface area contributed by atoms with Crippen molar-refractivity contribution >= 4 is 0 Å². The summed E-state index contributed by atoms with van der Waals surface area (Å²) in [7, 11) is 4.44. The summed E-state index contributed by atoms with van der Waals surface area (Å²) in [5, 5.41) is 3.79. The van der Waals surface area contributed by atoms with E-state index in [1.807, 2.05) is 0 Å². The van der Waals surface area contributed by atoms with E-state index in [9.17, 15) is 0 Å². The zero-order valence-electron chi connectivity index (χ0n) is 10.8.